The Labute approximate surface area is 191 Å². The van der Waals surface area contributed by atoms with Gasteiger partial charge in [0.15, 0.2) is 0 Å². The van der Waals surface area contributed by atoms with Gasteiger partial charge in [-0.3, -0.25) is 4.79 Å². The van der Waals surface area contributed by atoms with Crippen LogP contribution < -0.4 is 10.2 Å². The van der Waals surface area contributed by atoms with E-state index in [1.165, 1.54) is 17.5 Å². The number of nitrogens with one attached hydrogen (secondary N) is 1. The summed E-state index contributed by atoms with van der Waals surface area (Å²) in [5, 5.41) is 15.4. The van der Waals surface area contributed by atoms with Crippen molar-refractivity contribution in [2.24, 2.45) is 5.10 Å². The molecule has 33 heavy (non-hydrogen) atoms. The molecule has 1 aromatic heterocycles. The summed E-state index contributed by atoms with van der Waals surface area (Å²) in [4.78, 5) is 12.7. The third-order valence-corrected chi connectivity index (χ3v) is 5.28. The van der Waals surface area contributed by atoms with Crippen LogP contribution in [0.3, 0.4) is 0 Å². The molecule has 8 heteroatoms. The molecule has 0 saturated heterocycles. The predicted octanol–water partition coefficient (Wildman–Crippen LogP) is 4.01. The molecular formula is C25H24N6O2. The van der Waals surface area contributed by atoms with Crippen molar-refractivity contribution in [1.29, 1.82) is 0 Å². The molecule has 3 aromatic carbocycles. The number of aryl methyl sites for hydroxylation is 2. The van der Waals surface area contributed by atoms with Crippen molar-refractivity contribution < 1.29 is 9.53 Å². The summed E-state index contributed by atoms with van der Waals surface area (Å²) in [7, 11) is 0. The molecule has 0 bridgehead atoms. The minimum Gasteiger partial charge on any atom is -0.489 e. The van der Waals surface area contributed by atoms with Gasteiger partial charge in [-0.15, -0.1) is 5.10 Å². The average molecular weight is 441 g/mol. The number of benzene rings is 3. The zero-order valence-electron chi connectivity index (χ0n) is 18.7. The second kappa shape index (κ2) is 9.86. The number of amides is 1. The van der Waals surface area contributed by atoms with Gasteiger partial charge in [-0.1, -0.05) is 30.3 Å². The molecule has 1 amide bonds. The SMILES string of the molecule is C/C(=N\NC(=O)c1cccc(COc2ccc(C)c(C)c2)c1)c1cccc(-n2cnnn2)c1. The van der Waals surface area contributed by atoms with Crippen molar-refractivity contribution in [3.63, 3.8) is 0 Å². The van der Waals surface area contributed by atoms with E-state index in [-0.39, 0.29) is 5.91 Å². The van der Waals surface area contributed by atoms with E-state index in [0.717, 1.165) is 22.6 Å². The van der Waals surface area contributed by atoms with Crippen LogP contribution in [0, 0.1) is 13.8 Å². The summed E-state index contributed by atoms with van der Waals surface area (Å²) in [5.74, 6) is 0.510. The summed E-state index contributed by atoms with van der Waals surface area (Å²) in [5.41, 5.74) is 8.74. The molecule has 0 unspecified atom stereocenters. The lowest BCUT2D eigenvalue weighted by molar-refractivity contribution is 0.0954. The molecule has 0 aliphatic rings. The molecule has 0 saturated carbocycles. The molecule has 0 atom stereocenters. The Morgan fingerprint density at radius 3 is 2.61 bits per heavy atom. The van der Waals surface area contributed by atoms with Gasteiger partial charge < -0.3 is 4.74 Å². The fraction of sp³-hybridized carbons (Fsp3) is 0.160. The Morgan fingerprint density at radius 2 is 1.82 bits per heavy atom. The van der Waals surface area contributed by atoms with Crippen LogP contribution in [-0.4, -0.2) is 31.8 Å². The van der Waals surface area contributed by atoms with E-state index >= 15 is 0 Å². The number of ether oxygens (including phenoxy) is 1. The maximum absolute atomic E-state index is 12.7. The van der Waals surface area contributed by atoms with Crippen LogP contribution in [0.2, 0.25) is 0 Å². The molecule has 1 heterocycles. The molecule has 4 rings (SSSR count). The van der Waals surface area contributed by atoms with Gasteiger partial charge in [-0.2, -0.15) is 5.10 Å². The second-order valence-corrected chi connectivity index (χ2v) is 7.68. The number of hydrazone groups is 1. The number of carbonyl (C=O) groups is 1. The lowest BCUT2D eigenvalue weighted by atomic mass is 10.1. The number of aromatic nitrogens is 4. The van der Waals surface area contributed by atoms with Crippen LogP contribution in [0.5, 0.6) is 5.75 Å². The van der Waals surface area contributed by atoms with Crippen molar-refractivity contribution in [3.8, 4) is 11.4 Å². The van der Waals surface area contributed by atoms with E-state index in [0.29, 0.717) is 17.9 Å². The molecule has 0 radical (unpaired) electrons. The molecule has 0 fully saturated rings. The van der Waals surface area contributed by atoms with Crippen molar-refractivity contribution in [2.45, 2.75) is 27.4 Å². The number of nitrogens with zero attached hydrogens (tertiary/aromatic N) is 5. The number of rotatable bonds is 7. The summed E-state index contributed by atoms with van der Waals surface area (Å²) >= 11 is 0. The molecular weight excluding hydrogens is 416 g/mol. The molecule has 4 aromatic rings. The first-order valence-corrected chi connectivity index (χ1v) is 10.5. The second-order valence-electron chi connectivity index (χ2n) is 7.68. The maximum atomic E-state index is 12.7. The predicted molar refractivity (Wildman–Crippen MR) is 126 cm³/mol. The van der Waals surface area contributed by atoms with Crippen LogP contribution in [0.15, 0.2) is 78.2 Å². The number of hydrogen-bond acceptors (Lipinski definition) is 6. The highest BCUT2D eigenvalue weighted by molar-refractivity contribution is 6.01. The van der Waals surface area contributed by atoms with Crippen molar-refractivity contribution in [1.82, 2.24) is 25.6 Å². The van der Waals surface area contributed by atoms with Crippen LogP contribution in [0.1, 0.15) is 39.5 Å². The van der Waals surface area contributed by atoms with E-state index in [2.05, 4.69) is 39.9 Å². The zero-order chi connectivity index (χ0) is 23.2. The first-order chi connectivity index (χ1) is 16.0. The van der Waals surface area contributed by atoms with Crippen LogP contribution >= 0.6 is 0 Å². The third kappa shape index (κ3) is 5.48. The summed E-state index contributed by atoms with van der Waals surface area (Å²) in [6.07, 6.45) is 1.52. The summed E-state index contributed by atoms with van der Waals surface area (Å²) in [6.45, 7) is 6.32. The number of tetrazole rings is 1. The quantitative estimate of drug-likeness (QED) is 0.346. The van der Waals surface area contributed by atoms with Gasteiger partial charge in [0.2, 0.25) is 0 Å². The Balaban J connectivity index is 1.40. The van der Waals surface area contributed by atoms with Gasteiger partial charge in [-0.05, 0) is 89.8 Å². The van der Waals surface area contributed by atoms with Crippen LogP contribution in [0.4, 0.5) is 0 Å². The first-order valence-electron chi connectivity index (χ1n) is 10.5. The normalized spacial score (nSPS) is 11.3. The van der Waals surface area contributed by atoms with E-state index in [9.17, 15) is 4.79 Å². The topological polar surface area (TPSA) is 94.3 Å². The largest absolute Gasteiger partial charge is 0.489 e. The third-order valence-electron chi connectivity index (χ3n) is 5.28. The lowest BCUT2D eigenvalue weighted by Gasteiger charge is -2.09. The monoisotopic (exact) mass is 440 g/mol. The van der Waals surface area contributed by atoms with Gasteiger partial charge in [0, 0.05) is 5.56 Å². The highest BCUT2D eigenvalue weighted by Gasteiger charge is 2.08. The van der Waals surface area contributed by atoms with Crippen molar-refractivity contribution >= 4 is 11.6 Å². The Morgan fingerprint density at radius 1 is 1.00 bits per heavy atom. The molecule has 0 aliphatic carbocycles. The lowest BCUT2D eigenvalue weighted by Crippen LogP contribution is -2.19. The van der Waals surface area contributed by atoms with Gasteiger partial charge in [-0.25, -0.2) is 10.1 Å². The van der Waals surface area contributed by atoms with Gasteiger partial charge in [0.1, 0.15) is 18.7 Å². The Bertz CT molecular complexity index is 1300. The highest BCUT2D eigenvalue weighted by Crippen LogP contribution is 2.18. The average Bonchev–Trinajstić information content (AvgIpc) is 3.38. The van der Waals surface area contributed by atoms with Crippen LogP contribution in [-0.2, 0) is 6.61 Å². The molecule has 166 valence electrons. The van der Waals surface area contributed by atoms with Gasteiger partial charge in [0.25, 0.3) is 5.91 Å². The Hall–Kier alpha value is -4.33. The molecule has 0 spiro atoms. The zero-order valence-corrected chi connectivity index (χ0v) is 18.7. The first kappa shape index (κ1) is 21.9. The fourth-order valence-electron chi connectivity index (χ4n) is 3.19. The van der Waals surface area contributed by atoms with E-state index < -0.39 is 0 Å². The van der Waals surface area contributed by atoms with E-state index in [4.69, 9.17) is 4.74 Å². The number of hydrogen-bond donors (Lipinski definition) is 1. The standard InChI is InChI=1S/C25H24N6O2/c1-17-10-11-24(12-18(17)2)33-15-20-6-4-8-22(13-20)25(32)28-27-19(3)21-7-5-9-23(14-21)31-16-26-29-30-31/h4-14,16H,15H2,1-3H3,(H,28,32)/b27-19+. The maximum Gasteiger partial charge on any atom is 0.271 e. The fourth-order valence-corrected chi connectivity index (χ4v) is 3.19. The summed E-state index contributed by atoms with van der Waals surface area (Å²) in [6, 6.07) is 20.9. The van der Waals surface area contributed by atoms with Crippen molar-refractivity contribution in [3.05, 3.63) is 101 Å². The minimum absolute atomic E-state index is 0.293. The highest BCUT2D eigenvalue weighted by atomic mass is 16.5. The van der Waals surface area contributed by atoms with Gasteiger partial charge in [0.05, 0.1) is 11.4 Å². The molecule has 8 nitrogen and oxygen atoms in total. The molecule has 0 aliphatic heterocycles. The Kier molecular flexibility index (Phi) is 6.54. The van der Waals surface area contributed by atoms with E-state index in [1.54, 1.807) is 16.8 Å². The summed E-state index contributed by atoms with van der Waals surface area (Å²) < 4.78 is 7.44. The molecule has 1 N–H and O–H groups in total. The van der Waals surface area contributed by atoms with E-state index in [1.807, 2.05) is 61.5 Å². The smallest absolute Gasteiger partial charge is 0.271 e. The number of carbonyl (C=O) groups excluding carboxylic acids is 1. The van der Waals surface area contributed by atoms with Gasteiger partial charge >= 0.3 is 0 Å². The van der Waals surface area contributed by atoms with Crippen molar-refractivity contribution in [2.75, 3.05) is 0 Å². The minimum atomic E-state index is -0.293. The van der Waals surface area contributed by atoms with Crippen LogP contribution in [0.25, 0.3) is 5.69 Å².